The smallest absolute Gasteiger partial charge is 0.121 e. The lowest BCUT2D eigenvalue weighted by molar-refractivity contribution is 0.415. The third kappa shape index (κ3) is 3.23. The SMILES string of the molecule is COc1ccc(Br)c(N=C(N)C(C)C)c1. The lowest BCUT2D eigenvalue weighted by atomic mass is 10.2. The molecule has 0 aliphatic carbocycles. The van der Waals surface area contributed by atoms with Gasteiger partial charge in [0.15, 0.2) is 0 Å². The molecule has 0 saturated carbocycles. The summed E-state index contributed by atoms with van der Waals surface area (Å²) in [6.45, 7) is 4.01. The maximum atomic E-state index is 5.80. The zero-order chi connectivity index (χ0) is 11.4. The van der Waals surface area contributed by atoms with Crippen molar-refractivity contribution in [1.82, 2.24) is 0 Å². The number of nitrogens with zero attached hydrogens (tertiary/aromatic N) is 1. The Morgan fingerprint density at radius 1 is 1.47 bits per heavy atom. The van der Waals surface area contributed by atoms with Gasteiger partial charge in [0.2, 0.25) is 0 Å². The van der Waals surface area contributed by atoms with Crippen LogP contribution in [0.1, 0.15) is 13.8 Å². The van der Waals surface area contributed by atoms with Crippen molar-refractivity contribution in [3.8, 4) is 5.75 Å². The van der Waals surface area contributed by atoms with Crippen LogP contribution in [0.4, 0.5) is 5.69 Å². The highest BCUT2D eigenvalue weighted by atomic mass is 79.9. The molecule has 1 aromatic rings. The van der Waals surface area contributed by atoms with Crippen LogP contribution in [0.2, 0.25) is 0 Å². The third-order valence-electron chi connectivity index (χ3n) is 1.99. The second kappa shape index (κ2) is 5.16. The van der Waals surface area contributed by atoms with Crippen molar-refractivity contribution in [2.45, 2.75) is 13.8 Å². The first-order valence-corrected chi connectivity index (χ1v) is 5.51. The van der Waals surface area contributed by atoms with Crippen molar-refractivity contribution >= 4 is 27.5 Å². The molecule has 4 heteroatoms. The molecule has 0 heterocycles. The first-order valence-electron chi connectivity index (χ1n) is 4.72. The molecule has 0 unspecified atom stereocenters. The Morgan fingerprint density at radius 3 is 2.67 bits per heavy atom. The van der Waals surface area contributed by atoms with E-state index in [0.29, 0.717) is 5.84 Å². The third-order valence-corrected chi connectivity index (χ3v) is 2.66. The highest BCUT2D eigenvalue weighted by Crippen LogP contribution is 2.29. The zero-order valence-corrected chi connectivity index (χ0v) is 10.7. The van der Waals surface area contributed by atoms with E-state index in [1.807, 2.05) is 32.0 Å². The molecule has 1 aromatic carbocycles. The molecule has 0 atom stereocenters. The molecule has 0 radical (unpaired) electrons. The van der Waals surface area contributed by atoms with Gasteiger partial charge < -0.3 is 10.5 Å². The Kier molecular flexibility index (Phi) is 4.15. The fourth-order valence-corrected chi connectivity index (χ4v) is 1.31. The quantitative estimate of drug-likeness (QED) is 0.678. The lowest BCUT2D eigenvalue weighted by Gasteiger charge is -2.06. The Hall–Kier alpha value is -1.03. The molecule has 0 aliphatic heterocycles. The van der Waals surface area contributed by atoms with Crippen molar-refractivity contribution in [2.24, 2.45) is 16.6 Å². The average Bonchev–Trinajstić information content (AvgIpc) is 2.21. The summed E-state index contributed by atoms with van der Waals surface area (Å²) in [5, 5.41) is 0. The molecule has 0 bridgehead atoms. The zero-order valence-electron chi connectivity index (χ0n) is 9.12. The summed E-state index contributed by atoms with van der Waals surface area (Å²) in [6.07, 6.45) is 0. The first-order chi connectivity index (χ1) is 7.04. The lowest BCUT2D eigenvalue weighted by Crippen LogP contribution is -2.18. The van der Waals surface area contributed by atoms with Crippen molar-refractivity contribution in [3.63, 3.8) is 0 Å². The fraction of sp³-hybridized carbons (Fsp3) is 0.364. The fourth-order valence-electron chi connectivity index (χ4n) is 0.973. The van der Waals surface area contributed by atoms with Gasteiger partial charge in [-0.15, -0.1) is 0 Å². The highest BCUT2D eigenvalue weighted by Gasteiger charge is 2.04. The topological polar surface area (TPSA) is 47.6 Å². The van der Waals surface area contributed by atoms with Crippen LogP contribution in [0, 0.1) is 5.92 Å². The normalized spacial score (nSPS) is 11.9. The Labute approximate surface area is 98.5 Å². The van der Waals surface area contributed by atoms with Crippen LogP contribution in [-0.4, -0.2) is 12.9 Å². The van der Waals surface area contributed by atoms with Gasteiger partial charge in [-0.3, -0.25) is 0 Å². The van der Waals surface area contributed by atoms with Crippen LogP contribution in [0.5, 0.6) is 5.75 Å². The predicted molar refractivity (Wildman–Crippen MR) is 66.8 cm³/mol. The average molecular weight is 271 g/mol. The number of benzene rings is 1. The molecular formula is C11H15BrN2O. The first kappa shape index (κ1) is 12.0. The molecule has 82 valence electrons. The van der Waals surface area contributed by atoms with Gasteiger partial charge >= 0.3 is 0 Å². The second-order valence-corrected chi connectivity index (χ2v) is 4.36. The van der Waals surface area contributed by atoms with Crippen molar-refractivity contribution in [2.75, 3.05) is 7.11 Å². The van der Waals surface area contributed by atoms with E-state index in [9.17, 15) is 0 Å². The van der Waals surface area contributed by atoms with E-state index in [1.165, 1.54) is 0 Å². The van der Waals surface area contributed by atoms with Crippen LogP contribution >= 0.6 is 15.9 Å². The number of halogens is 1. The molecule has 1 rings (SSSR count). The number of hydrogen-bond donors (Lipinski definition) is 1. The van der Waals surface area contributed by atoms with E-state index in [0.717, 1.165) is 15.9 Å². The number of ether oxygens (including phenoxy) is 1. The van der Waals surface area contributed by atoms with E-state index in [-0.39, 0.29) is 5.92 Å². The summed E-state index contributed by atoms with van der Waals surface area (Å²) in [4.78, 5) is 4.33. The van der Waals surface area contributed by atoms with E-state index < -0.39 is 0 Å². The van der Waals surface area contributed by atoms with Gasteiger partial charge in [0.05, 0.1) is 12.8 Å². The summed E-state index contributed by atoms with van der Waals surface area (Å²) in [5.74, 6) is 1.63. The summed E-state index contributed by atoms with van der Waals surface area (Å²) in [5.41, 5.74) is 6.59. The van der Waals surface area contributed by atoms with Crippen LogP contribution in [0.15, 0.2) is 27.7 Å². The number of hydrogen-bond acceptors (Lipinski definition) is 2. The maximum absolute atomic E-state index is 5.80. The van der Waals surface area contributed by atoms with Crippen LogP contribution < -0.4 is 10.5 Å². The molecule has 3 nitrogen and oxygen atoms in total. The van der Waals surface area contributed by atoms with Gasteiger partial charge in [0, 0.05) is 16.5 Å². The Bertz CT molecular complexity index is 375. The van der Waals surface area contributed by atoms with Gasteiger partial charge in [0.25, 0.3) is 0 Å². The maximum Gasteiger partial charge on any atom is 0.121 e. The van der Waals surface area contributed by atoms with E-state index in [4.69, 9.17) is 10.5 Å². The number of amidine groups is 1. The van der Waals surface area contributed by atoms with Gasteiger partial charge in [0.1, 0.15) is 11.6 Å². The molecule has 15 heavy (non-hydrogen) atoms. The minimum absolute atomic E-state index is 0.239. The van der Waals surface area contributed by atoms with E-state index in [1.54, 1.807) is 7.11 Å². The monoisotopic (exact) mass is 270 g/mol. The molecule has 0 aliphatic rings. The van der Waals surface area contributed by atoms with Crippen LogP contribution in [-0.2, 0) is 0 Å². The second-order valence-electron chi connectivity index (χ2n) is 3.51. The summed E-state index contributed by atoms with van der Waals surface area (Å²) < 4.78 is 6.03. The van der Waals surface area contributed by atoms with Gasteiger partial charge in [-0.25, -0.2) is 4.99 Å². The van der Waals surface area contributed by atoms with Crippen LogP contribution in [0.25, 0.3) is 0 Å². The summed E-state index contributed by atoms with van der Waals surface area (Å²) in [6, 6.07) is 5.61. The van der Waals surface area contributed by atoms with Gasteiger partial charge in [-0.05, 0) is 28.1 Å². The molecule has 0 aromatic heterocycles. The number of nitrogens with two attached hydrogens (primary N) is 1. The Balaban J connectivity index is 3.08. The van der Waals surface area contributed by atoms with Crippen LogP contribution in [0.3, 0.4) is 0 Å². The number of aliphatic imine (C=N–C) groups is 1. The predicted octanol–water partition coefficient (Wildman–Crippen LogP) is 3.10. The minimum atomic E-state index is 0.239. The van der Waals surface area contributed by atoms with Crippen molar-refractivity contribution in [1.29, 1.82) is 0 Å². The number of methoxy groups -OCH3 is 1. The largest absolute Gasteiger partial charge is 0.497 e. The Morgan fingerprint density at radius 2 is 2.13 bits per heavy atom. The van der Waals surface area contributed by atoms with E-state index in [2.05, 4.69) is 20.9 Å². The molecule has 0 saturated heterocycles. The molecule has 2 N–H and O–H groups in total. The van der Waals surface area contributed by atoms with Crippen molar-refractivity contribution in [3.05, 3.63) is 22.7 Å². The summed E-state index contributed by atoms with van der Waals surface area (Å²) >= 11 is 3.42. The molecular weight excluding hydrogens is 256 g/mol. The van der Waals surface area contributed by atoms with Gasteiger partial charge in [-0.2, -0.15) is 0 Å². The molecule has 0 spiro atoms. The molecule has 0 amide bonds. The van der Waals surface area contributed by atoms with E-state index >= 15 is 0 Å². The van der Waals surface area contributed by atoms with Crippen molar-refractivity contribution < 1.29 is 4.74 Å². The van der Waals surface area contributed by atoms with Gasteiger partial charge in [-0.1, -0.05) is 13.8 Å². The summed E-state index contributed by atoms with van der Waals surface area (Å²) in [7, 11) is 1.63. The minimum Gasteiger partial charge on any atom is -0.497 e. The number of rotatable bonds is 3. The standard InChI is InChI=1S/C11H15BrN2O/c1-7(2)11(13)14-10-6-8(15-3)4-5-9(10)12/h4-7H,1-3H3,(H2,13,14). The molecule has 0 fully saturated rings. The highest BCUT2D eigenvalue weighted by molar-refractivity contribution is 9.10.